The lowest BCUT2D eigenvalue weighted by Crippen LogP contribution is -2.13. The molecular formula is C18H15N3O2. The molecule has 0 N–H and O–H groups in total. The first kappa shape index (κ1) is 14.7. The third kappa shape index (κ3) is 3.71. The smallest absolute Gasteiger partial charge is 0.408 e. The van der Waals surface area contributed by atoms with Gasteiger partial charge in [0, 0.05) is 6.20 Å². The predicted molar refractivity (Wildman–Crippen MR) is 86.3 cm³/mol. The van der Waals surface area contributed by atoms with Crippen molar-refractivity contribution in [2.45, 2.75) is 6.92 Å². The van der Waals surface area contributed by atoms with Gasteiger partial charge in [0.1, 0.15) is 5.75 Å². The van der Waals surface area contributed by atoms with Gasteiger partial charge in [-0.05, 0) is 36.8 Å². The van der Waals surface area contributed by atoms with Crippen molar-refractivity contribution in [1.82, 2.24) is 9.78 Å². The number of amides is 1. The molecule has 1 heterocycles. The largest absolute Gasteiger partial charge is 0.439 e. The van der Waals surface area contributed by atoms with Crippen LogP contribution in [0.2, 0.25) is 0 Å². The Morgan fingerprint density at radius 3 is 2.48 bits per heavy atom. The van der Waals surface area contributed by atoms with Crippen LogP contribution in [0.15, 0.2) is 78.0 Å². The van der Waals surface area contributed by atoms with E-state index in [-0.39, 0.29) is 0 Å². The maximum Gasteiger partial charge on any atom is 0.439 e. The van der Waals surface area contributed by atoms with Crippen molar-refractivity contribution < 1.29 is 9.53 Å². The highest BCUT2D eigenvalue weighted by molar-refractivity contribution is 5.71. The number of carbonyl (C=O) groups excluding carboxylic acids is 1. The minimum Gasteiger partial charge on any atom is -0.408 e. The van der Waals surface area contributed by atoms with Crippen LogP contribution >= 0.6 is 0 Å². The van der Waals surface area contributed by atoms with Crippen LogP contribution in [0, 0.1) is 6.92 Å². The number of rotatable bonds is 2. The number of aryl methyl sites for hydroxylation is 1. The van der Waals surface area contributed by atoms with Crippen LogP contribution in [0.5, 0.6) is 5.75 Å². The SMILES string of the molecule is Cc1ccccc1OC(=O)N=c1ccn(-c2ccccc2)nc1. The van der Waals surface area contributed by atoms with Crippen LogP contribution < -0.4 is 10.1 Å². The second kappa shape index (κ2) is 6.70. The molecule has 1 aromatic heterocycles. The lowest BCUT2D eigenvalue weighted by molar-refractivity contribution is 0.210. The molecule has 0 spiro atoms. The summed E-state index contributed by atoms with van der Waals surface area (Å²) in [5, 5.41) is 4.68. The average Bonchev–Trinajstić information content (AvgIpc) is 2.58. The van der Waals surface area contributed by atoms with Gasteiger partial charge in [-0.2, -0.15) is 10.1 Å². The maximum absolute atomic E-state index is 11.9. The summed E-state index contributed by atoms with van der Waals surface area (Å²) in [4.78, 5) is 15.8. The first-order valence-electron chi connectivity index (χ1n) is 7.15. The van der Waals surface area contributed by atoms with E-state index < -0.39 is 6.09 Å². The summed E-state index contributed by atoms with van der Waals surface area (Å²) in [5.41, 5.74) is 1.81. The fourth-order valence-corrected chi connectivity index (χ4v) is 2.04. The van der Waals surface area contributed by atoms with Crippen molar-refractivity contribution in [3.63, 3.8) is 0 Å². The van der Waals surface area contributed by atoms with Gasteiger partial charge in [-0.3, -0.25) is 0 Å². The molecule has 1 amide bonds. The van der Waals surface area contributed by atoms with Crippen LogP contribution in [0.1, 0.15) is 5.56 Å². The van der Waals surface area contributed by atoms with Crippen LogP contribution in [0.3, 0.4) is 0 Å². The normalized spacial score (nSPS) is 11.3. The Morgan fingerprint density at radius 2 is 1.78 bits per heavy atom. The van der Waals surface area contributed by atoms with Crippen molar-refractivity contribution in [3.05, 3.63) is 84.0 Å². The van der Waals surface area contributed by atoms with E-state index in [0.29, 0.717) is 11.1 Å². The van der Waals surface area contributed by atoms with Crippen molar-refractivity contribution in [1.29, 1.82) is 0 Å². The Bertz CT molecular complexity index is 866. The molecule has 0 unspecified atom stereocenters. The molecule has 5 heteroatoms. The van der Waals surface area contributed by atoms with Crippen molar-refractivity contribution >= 4 is 6.09 Å². The minimum absolute atomic E-state index is 0.441. The zero-order valence-corrected chi connectivity index (χ0v) is 12.6. The molecule has 23 heavy (non-hydrogen) atoms. The Kier molecular flexibility index (Phi) is 4.29. The first-order chi connectivity index (χ1) is 11.2. The number of para-hydroxylation sites is 2. The second-order valence-electron chi connectivity index (χ2n) is 4.91. The lowest BCUT2D eigenvalue weighted by Gasteiger charge is -2.04. The molecule has 0 saturated heterocycles. The molecule has 0 aliphatic heterocycles. The zero-order chi connectivity index (χ0) is 16.1. The molecule has 114 valence electrons. The Labute approximate surface area is 133 Å². The van der Waals surface area contributed by atoms with Gasteiger partial charge in [0.15, 0.2) is 0 Å². The maximum atomic E-state index is 11.9. The number of ether oxygens (including phenoxy) is 1. The molecule has 0 aliphatic rings. The monoisotopic (exact) mass is 305 g/mol. The lowest BCUT2D eigenvalue weighted by atomic mass is 10.2. The van der Waals surface area contributed by atoms with Crippen LogP contribution in [0.25, 0.3) is 5.69 Å². The summed E-state index contributed by atoms with van der Waals surface area (Å²) >= 11 is 0. The molecule has 3 rings (SSSR count). The predicted octanol–water partition coefficient (Wildman–Crippen LogP) is 3.28. The number of carbonyl (C=O) groups is 1. The van der Waals surface area contributed by atoms with Gasteiger partial charge in [-0.25, -0.2) is 9.48 Å². The highest BCUT2D eigenvalue weighted by atomic mass is 16.5. The average molecular weight is 305 g/mol. The molecule has 3 aromatic rings. The first-order valence-corrected chi connectivity index (χ1v) is 7.15. The van der Waals surface area contributed by atoms with Gasteiger partial charge in [0.2, 0.25) is 0 Å². The van der Waals surface area contributed by atoms with Crippen LogP contribution in [0.4, 0.5) is 4.79 Å². The van der Waals surface area contributed by atoms with E-state index >= 15 is 0 Å². The van der Waals surface area contributed by atoms with Crippen molar-refractivity contribution in [2.75, 3.05) is 0 Å². The van der Waals surface area contributed by atoms with E-state index in [0.717, 1.165) is 11.3 Å². The number of hydrogen-bond donors (Lipinski definition) is 0. The molecule has 0 bridgehead atoms. The van der Waals surface area contributed by atoms with Gasteiger partial charge >= 0.3 is 6.09 Å². The minimum atomic E-state index is -0.668. The molecule has 0 aliphatic carbocycles. The number of benzene rings is 2. The summed E-state index contributed by atoms with van der Waals surface area (Å²) in [5.74, 6) is 0.504. The van der Waals surface area contributed by atoms with E-state index in [4.69, 9.17) is 4.74 Å². The molecule has 0 fully saturated rings. The summed E-state index contributed by atoms with van der Waals surface area (Å²) in [6.07, 6.45) is 2.60. The summed E-state index contributed by atoms with van der Waals surface area (Å²) in [6.45, 7) is 1.87. The number of nitrogens with zero attached hydrogens (tertiary/aromatic N) is 3. The van der Waals surface area contributed by atoms with E-state index in [9.17, 15) is 4.79 Å². The van der Waals surface area contributed by atoms with Crippen LogP contribution in [-0.2, 0) is 0 Å². The fourth-order valence-electron chi connectivity index (χ4n) is 2.04. The summed E-state index contributed by atoms with van der Waals surface area (Å²) < 4.78 is 6.92. The molecular weight excluding hydrogens is 290 g/mol. The molecule has 0 saturated carbocycles. The van der Waals surface area contributed by atoms with Gasteiger partial charge in [-0.1, -0.05) is 36.4 Å². The van der Waals surface area contributed by atoms with E-state index in [1.807, 2.05) is 55.5 Å². The third-order valence-corrected chi connectivity index (χ3v) is 3.23. The van der Waals surface area contributed by atoms with Crippen molar-refractivity contribution in [2.24, 2.45) is 4.99 Å². The van der Waals surface area contributed by atoms with Crippen LogP contribution in [-0.4, -0.2) is 15.9 Å². The van der Waals surface area contributed by atoms with Gasteiger partial charge < -0.3 is 4.74 Å². The molecule has 0 atom stereocenters. The standard InChI is InChI=1S/C18H15N3O2/c1-14-7-5-6-10-17(14)23-18(22)20-15-11-12-21(19-13-15)16-8-3-2-4-9-16/h2-13H,1H3. The third-order valence-electron chi connectivity index (χ3n) is 3.23. The number of hydrogen-bond acceptors (Lipinski definition) is 3. The molecule has 0 radical (unpaired) electrons. The Morgan fingerprint density at radius 1 is 1.04 bits per heavy atom. The van der Waals surface area contributed by atoms with E-state index in [2.05, 4.69) is 10.1 Å². The quantitative estimate of drug-likeness (QED) is 0.730. The zero-order valence-electron chi connectivity index (χ0n) is 12.6. The molecule has 5 nitrogen and oxygen atoms in total. The second-order valence-corrected chi connectivity index (χ2v) is 4.91. The van der Waals surface area contributed by atoms with Gasteiger partial charge in [0.05, 0.1) is 17.2 Å². The van der Waals surface area contributed by atoms with E-state index in [1.54, 1.807) is 23.0 Å². The summed E-state index contributed by atoms with van der Waals surface area (Å²) in [7, 11) is 0. The van der Waals surface area contributed by atoms with Gasteiger partial charge in [0.25, 0.3) is 0 Å². The van der Waals surface area contributed by atoms with Crippen molar-refractivity contribution in [3.8, 4) is 11.4 Å². The highest BCUT2D eigenvalue weighted by Gasteiger charge is 2.04. The highest BCUT2D eigenvalue weighted by Crippen LogP contribution is 2.16. The fraction of sp³-hybridized carbons (Fsp3) is 0.0556. The van der Waals surface area contributed by atoms with E-state index in [1.165, 1.54) is 6.20 Å². The van der Waals surface area contributed by atoms with Gasteiger partial charge in [-0.15, -0.1) is 0 Å². The Balaban J connectivity index is 1.78. The Hall–Kier alpha value is -3.21. The molecule has 2 aromatic carbocycles. The topological polar surface area (TPSA) is 56.5 Å². The summed E-state index contributed by atoms with van der Waals surface area (Å²) in [6, 6.07) is 18.7. The number of aromatic nitrogens is 2.